The number of rotatable bonds is 0. The van der Waals surface area contributed by atoms with Crippen molar-refractivity contribution in [2.24, 2.45) is 17.3 Å². The van der Waals surface area contributed by atoms with Gasteiger partial charge in [0.1, 0.15) is 11.6 Å². The van der Waals surface area contributed by atoms with Gasteiger partial charge in [0.2, 0.25) is 0 Å². The third kappa shape index (κ3) is 6.87. The summed E-state index contributed by atoms with van der Waals surface area (Å²) in [7, 11) is 0. The van der Waals surface area contributed by atoms with Gasteiger partial charge in [0.15, 0.2) is 0 Å². The van der Waals surface area contributed by atoms with E-state index in [-0.39, 0.29) is 17.5 Å². The number of ketones is 2. The Morgan fingerprint density at radius 1 is 1.14 bits per heavy atom. The quantitative estimate of drug-likeness (QED) is 0.625. The van der Waals surface area contributed by atoms with Crippen molar-refractivity contribution in [3.8, 4) is 0 Å². The van der Waals surface area contributed by atoms with Crippen LogP contribution >= 0.6 is 0 Å². The summed E-state index contributed by atoms with van der Waals surface area (Å²) in [5, 5.41) is 0. The van der Waals surface area contributed by atoms with E-state index in [4.69, 9.17) is 4.74 Å². The van der Waals surface area contributed by atoms with E-state index in [1.807, 2.05) is 26.8 Å². The molecule has 0 N–H and O–H groups in total. The van der Waals surface area contributed by atoms with Crippen LogP contribution in [0.25, 0.3) is 0 Å². The lowest BCUT2D eigenvalue weighted by Crippen LogP contribution is -2.31. The van der Waals surface area contributed by atoms with Crippen LogP contribution in [0.15, 0.2) is 12.2 Å². The molecule has 0 bridgehead atoms. The van der Waals surface area contributed by atoms with Crippen molar-refractivity contribution in [3.05, 3.63) is 12.2 Å². The van der Waals surface area contributed by atoms with E-state index < -0.39 is 5.41 Å². The fourth-order valence-electron chi connectivity index (χ4n) is 3.09. The highest BCUT2D eigenvalue weighted by Gasteiger charge is 2.32. The summed E-state index contributed by atoms with van der Waals surface area (Å²) in [6, 6.07) is 0. The highest BCUT2D eigenvalue weighted by molar-refractivity contribution is 5.87. The monoisotopic (exact) mass is 308 g/mol. The summed E-state index contributed by atoms with van der Waals surface area (Å²) in [6.45, 7) is 9.41. The second kappa shape index (κ2) is 9.24. The molecule has 0 radical (unpaired) electrons. The predicted octanol–water partition coefficient (Wildman–Crippen LogP) is 4.35. The van der Waals surface area contributed by atoms with Gasteiger partial charge in [0, 0.05) is 30.8 Å². The molecule has 3 heteroatoms. The summed E-state index contributed by atoms with van der Waals surface area (Å²) in [4.78, 5) is 24.6. The highest BCUT2D eigenvalue weighted by atomic mass is 16.5. The van der Waals surface area contributed by atoms with Gasteiger partial charge in [-0.15, -0.1) is 0 Å². The Hall–Kier alpha value is -0.960. The summed E-state index contributed by atoms with van der Waals surface area (Å²) < 4.78 is 5.64. The van der Waals surface area contributed by atoms with Crippen LogP contribution < -0.4 is 0 Å². The molecule has 1 heterocycles. The number of carbonyl (C=O) groups is 2. The summed E-state index contributed by atoms with van der Waals surface area (Å²) >= 11 is 0. The third-order valence-electron chi connectivity index (χ3n) is 4.51. The first-order chi connectivity index (χ1) is 10.3. The Morgan fingerprint density at radius 3 is 2.59 bits per heavy atom. The van der Waals surface area contributed by atoms with Crippen molar-refractivity contribution in [3.63, 3.8) is 0 Å². The Bertz CT molecular complexity index is 395. The molecule has 2 unspecified atom stereocenters. The van der Waals surface area contributed by atoms with Gasteiger partial charge in [-0.1, -0.05) is 39.8 Å². The number of carbonyl (C=O) groups excluding carboxylic acids is 2. The first-order valence-electron chi connectivity index (χ1n) is 8.61. The van der Waals surface area contributed by atoms with E-state index in [0.29, 0.717) is 38.4 Å². The van der Waals surface area contributed by atoms with Crippen molar-refractivity contribution in [2.45, 2.75) is 66.2 Å². The van der Waals surface area contributed by atoms with Crippen LogP contribution in [0, 0.1) is 17.3 Å². The summed E-state index contributed by atoms with van der Waals surface area (Å²) in [5.41, 5.74) is -0.410. The lowest BCUT2D eigenvalue weighted by atomic mass is 9.75. The molecule has 1 aliphatic rings. The van der Waals surface area contributed by atoms with Gasteiger partial charge < -0.3 is 4.74 Å². The number of Topliss-reactive ketones (excluding diaryl/α,β-unsaturated/α-hetero) is 2. The molecule has 0 aliphatic carbocycles. The van der Waals surface area contributed by atoms with Gasteiger partial charge >= 0.3 is 0 Å². The zero-order chi connectivity index (χ0) is 16.6. The van der Waals surface area contributed by atoms with Crippen molar-refractivity contribution < 1.29 is 14.3 Å². The van der Waals surface area contributed by atoms with Crippen LogP contribution in [-0.2, 0) is 14.3 Å². The first-order valence-corrected chi connectivity index (χ1v) is 8.61. The number of hydrogen-bond acceptors (Lipinski definition) is 3. The fourth-order valence-corrected chi connectivity index (χ4v) is 3.09. The summed E-state index contributed by atoms with van der Waals surface area (Å²) in [6.07, 6.45) is 8.58. The lowest BCUT2D eigenvalue weighted by Gasteiger charge is -2.27. The molecule has 0 fully saturated rings. The topological polar surface area (TPSA) is 43.4 Å². The van der Waals surface area contributed by atoms with E-state index >= 15 is 0 Å². The minimum absolute atomic E-state index is 0.0205. The minimum Gasteiger partial charge on any atom is -0.377 e. The van der Waals surface area contributed by atoms with E-state index in [2.05, 4.69) is 13.0 Å². The minimum atomic E-state index is -0.410. The standard InChI is InChI=1S/C19H32O3/c1-15-13-16(2)18(21)19(3,4)11-10-17(20)9-7-5-6-8-12-22-14-15/h6,8,15-16H,5,7,9-14H2,1-4H3. The molecule has 0 aromatic heterocycles. The molecule has 22 heavy (non-hydrogen) atoms. The normalized spacial score (nSPS) is 29.5. The fraction of sp³-hybridized carbons (Fsp3) is 0.789. The van der Waals surface area contributed by atoms with Crippen LogP contribution in [-0.4, -0.2) is 24.8 Å². The SMILES string of the molecule is CC1COCC=CCCCC(=O)CCC(C)(C)C(=O)C(C)C1. The Balaban J connectivity index is 2.70. The average molecular weight is 308 g/mol. The Morgan fingerprint density at radius 2 is 1.86 bits per heavy atom. The maximum Gasteiger partial charge on any atom is 0.141 e. The zero-order valence-electron chi connectivity index (χ0n) is 14.7. The van der Waals surface area contributed by atoms with E-state index in [1.165, 1.54) is 0 Å². The van der Waals surface area contributed by atoms with Gasteiger partial charge in [0.05, 0.1) is 6.61 Å². The van der Waals surface area contributed by atoms with Gasteiger partial charge in [-0.25, -0.2) is 0 Å². The zero-order valence-corrected chi connectivity index (χ0v) is 14.7. The Kier molecular flexibility index (Phi) is 8.02. The highest BCUT2D eigenvalue weighted by Crippen LogP contribution is 2.30. The predicted molar refractivity (Wildman–Crippen MR) is 89.8 cm³/mol. The van der Waals surface area contributed by atoms with E-state index in [0.717, 1.165) is 19.3 Å². The first kappa shape index (κ1) is 19.1. The molecule has 0 spiro atoms. The molecule has 0 saturated heterocycles. The Labute approximate surface area is 135 Å². The third-order valence-corrected chi connectivity index (χ3v) is 4.51. The molecule has 0 saturated carbocycles. The van der Waals surface area contributed by atoms with Crippen molar-refractivity contribution in [1.29, 1.82) is 0 Å². The molecule has 0 aromatic carbocycles. The van der Waals surface area contributed by atoms with Crippen LogP contribution in [0.4, 0.5) is 0 Å². The van der Waals surface area contributed by atoms with Gasteiger partial charge in [-0.2, -0.15) is 0 Å². The molecule has 2 atom stereocenters. The molecule has 1 rings (SSSR count). The lowest BCUT2D eigenvalue weighted by molar-refractivity contribution is -0.132. The smallest absolute Gasteiger partial charge is 0.141 e. The average Bonchev–Trinajstić information content (AvgIpc) is 2.46. The molecule has 3 nitrogen and oxygen atoms in total. The van der Waals surface area contributed by atoms with E-state index in [1.54, 1.807) is 0 Å². The molecule has 0 amide bonds. The van der Waals surface area contributed by atoms with Gasteiger partial charge in [-0.3, -0.25) is 9.59 Å². The number of ether oxygens (including phenoxy) is 1. The van der Waals surface area contributed by atoms with Gasteiger partial charge in [0.25, 0.3) is 0 Å². The number of hydrogen-bond donors (Lipinski definition) is 0. The van der Waals surface area contributed by atoms with Crippen molar-refractivity contribution >= 4 is 11.6 Å². The van der Waals surface area contributed by atoms with Crippen molar-refractivity contribution in [2.75, 3.05) is 13.2 Å². The second-order valence-corrected chi connectivity index (χ2v) is 7.43. The maximum atomic E-state index is 12.6. The largest absolute Gasteiger partial charge is 0.377 e. The summed E-state index contributed by atoms with van der Waals surface area (Å²) in [5.74, 6) is 0.947. The van der Waals surface area contributed by atoms with Crippen LogP contribution in [0.1, 0.15) is 66.2 Å². The van der Waals surface area contributed by atoms with Crippen LogP contribution in [0.3, 0.4) is 0 Å². The number of allylic oxidation sites excluding steroid dienone is 1. The van der Waals surface area contributed by atoms with Gasteiger partial charge in [-0.05, 0) is 31.6 Å². The second-order valence-electron chi connectivity index (χ2n) is 7.43. The molecule has 0 aromatic rings. The van der Waals surface area contributed by atoms with Crippen molar-refractivity contribution in [1.82, 2.24) is 0 Å². The van der Waals surface area contributed by atoms with Crippen LogP contribution in [0.5, 0.6) is 0 Å². The van der Waals surface area contributed by atoms with Crippen LogP contribution in [0.2, 0.25) is 0 Å². The van der Waals surface area contributed by atoms with E-state index in [9.17, 15) is 9.59 Å². The molecule has 1 aliphatic heterocycles. The molecule has 126 valence electrons. The maximum absolute atomic E-state index is 12.6. The molecular weight excluding hydrogens is 276 g/mol. The molecular formula is C19H32O3.